The van der Waals surface area contributed by atoms with Crippen molar-refractivity contribution in [3.63, 3.8) is 0 Å². The number of hydrogen-bond donors (Lipinski definition) is 1. The molecule has 0 unspecified atom stereocenters. The van der Waals surface area contributed by atoms with Gasteiger partial charge in [-0.15, -0.1) is 0 Å². The summed E-state index contributed by atoms with van der Waals surface area (Å²) in [7, 11) is 4.20. The summed E-state index contributed by atoms with van der Waals surface area (Å²) in [5, 5.41) is 3.51. The fourth-order valence-corrected chi connectivity index (χ4v) is 3.76. The molecule has 0 atom stereocenters. The van der Waals surface area contributed by atoms with Crippen LogP contribution in [0, 0.1) is 0 Å². The van der Waals surface area contributed by atoms with Crippen molar-refractivity contribution in [1.29, 1.82) is 0 Å². The number of para-hydroxylation sites is 1. The first-order valence-electron chi connectivity index (χ1n) is 10.4. The van der Waals surface area contributed by atoms with Crippen molar-refractivity contribution in [2.45, 2.75) is 19.3 Å². The van der Waals surface area contributed by atoms with Gasteiger partial charge in [0.05, 0.1) is 0 Å². The molecule has 150 valence electrons. The topological polar surface area (TPSA) is 44.3 Å². The predicted octanol–water partition coefficient (Wildman–Crippen LogP) is 4.59. The Balaban J connectivity index is 1.67. The Labute approximate surface area is 173 Å². The molecule has 0 saturated heterocycles. The highest BCUT2D eigenvalue weighted by atomic mass is 15.2. The molecule has 29 heavy (non-hydrogen) atoms. The molecule has 0 spiro atoms. The van der Waals surface area contributed by atoms with Crippen LogP contribution in [0.25, 0.3) is 11.4 Å². The number of fused-ring (bicyclic) bond motifs is 1. The van der Waals surface area contributed by atoms with E-state index in [1.807, 2.05) is 18.2 Å². The Kier molecular flexibility index (Phi) is 6.06. The second-order valence-corrected chi connectivity index (χ2v) is 7.77. The first kappa shape index (κ1) is 19.4. The number of hydrogen-bond acceptors (Lipinski definition) is 5. The highest BCUT2D eigenvalue weighted by Crippen LogP contribution is 2.34. The maximum absolute atomic E-state index is 4.95. The van der Waals surface area contributed by atoms with Gasteiger partial charge in [-0.25, -0.2) is 9.97 Å². The van der Waals surface area contributed by atoms with E-state index in [0.29, 0.717) is 0 Å². The van der Waals surface area contributed by atoms with Crippen LogP contribution < -0.4 is 10.2 Å². The summed E-state index contributed by atoms with van der Waals surface area (Å²) in [6.45, 7) is 2.91. The third-order valence-electron chi connectivity index (χ3n) is 5.22. The molecule has 1 aliphatic heterocycles. The molecule has 0 amide bonds. The molecule has 5 heteroatoms. The fourth-order valence-electron chi connectivity index (χ4n) is 3.76. The lowest BCUT2D eigenvalue weighted by Gasteiger charge is -2.30. The van der Waals surface area contributed by atoms with Gasteiger partial charge in [0.15, 0.2) is 5.82 Å². The maximum Gasteiger partial charge on any atom is 0.163 e. The van der Waals surface area contributed by atoms with Crippen molar-refractivity contribution in [2.75, 3.05) is 43.9 Å². The molecule has 1 N–H and O–H groups in total. The van der Waals surface area contributed by atoms with Crippen LogP contribution >= 0.6 is 0 Å². The van der Waals surface area contributed by atoms with Crippen molar-refractivity contribution in [2.24, 2.45) is 0 Å². The van der Waals surface area contributed by atoms with Gasteiger partial charge in [-0.2, -0.15) is 0 Å². The van der Waals surface area contributed by atoms with E-state index in [2.05, 4.69) is 71.7 Å². The van der Waals surface area contributed by atoms with E-state index in [4.69, 9.17) is 9.97 Å². The Hall–Kier alpha value is -2.92. The second-order valence-electron chi connectivity index (χ2n) is 7.77. The van der Waals surface area contributed by atoms with Crippen molar-refractivity contribution >= 4 is 17.3 Å². The highest BCUT2D eigenvalue weighted by molar-refractivity contribution is 5.69. The number of benzene rings is 2. The van der Waals surface area contributed by atoms with Crippen molar-refractivity contribution < 1.29 is 0 Å². The average Bonchev–Trinajstić information content (AvgIpc) is 2.76. The molecule has 2 aromatic carbocycles. The number of aromatic nitrogens is 2. The number of nitrogens with zero attached hydrogens (tertiary/aromatic N) is 4. The standard InChI is InChI=1S/C24H29N5/c1-28(2)16-9-15-25-22-18-23(27-24(26-22)20-11-4-3-5-12-20)29-17-8-13-19-10-6-7-14-21(19)29/h3-7,10-12,14,18H,8-9,13,15-17H2,1-2H3,(H,25,26,27). The van der Waals surface area contributed by atoms with Crippen LogP contribution in [0.4, 0.5) is 17.3 Å². The van der Waals surface area contributed by atoms with Crippen LogP contribution in [0.5, 0.6) is 0 Å². The lowest BCUT2D eigenvalue weighted by atomic mass is 10.0. The molecule has 5 nitrogen and oxygen atoms in total. The van der Waals surface area contributed by atoms with E-state index >= 15 is 0 Å². The monoisotopic (exact) mass is 387 g/mol. The van der Waals surface area contributed by atoms with Crippen molar-refractivity contribution in [3.05, 3.63) is 66.2 Å². The minimum absolute atomic E-state index is 0.765. The van der Waals surface area contributed by atoms with Gasteiger partial charge < -0.3 is 15.1 Å². The zero-order chi connectivity index (χ0) is 20.1. The Morgan fingerprint density at radius 3 is 2.62 bits per heavy atom. The molecule has 1 aromatic heterocycles. The lowest BCUT2D eigenvalue weighted by Crippen LogP contribution is -2.25. The molecule has 3 aromatic rings. The molecule has 0 radical (unpaired) electrons. The first-order valence-corrected chi connectivity index (χ1v) is 10.4. The summed E-state index contributed by atoms with van der Waals surface area (Å²) in [6.07, 6.45) is 3.33. The molecular formula is C24H29N5. The average molecular weight is 388 g/mol. The predicted molar refractivity (Wildman–Crippen MR) is 121 cm³/mol. The van der Waals surface area contributed by atoms with Crippen LogP contribution in [0.2, 0.25) is 0 Å². The zero-order valence-electron chi connectivity index (χ0n) is 17.3. The van der Waals surface area contributed by atoms with Gasteiger partial charge in [-0.3, -0.25) is 0 Å². The van der Waals surface area contributed by atoms with Gasteiger partial charge in [0.1, 0.15) is 11.6 Å². The molecule has 1 aliphatic rings. The number of aryl methyl sites for hydroxylation is 1. The molecule has 0 bridgehead atoms. The molecule has 0 fully saturated rings. The summed E-state index contributed by atoms with van der Waals surface area (Å²) in [5.74, 6) is 2.61. The van der Waals surface area contributed by atoms with Crippen LogP contribution in [0.1, 0.15) is 18.4 Å². The van der Waals surface area contributed by atoms with Crippen LogP contribution in [-0.2, 0) is 6.42 Å². The van der Waals surface area contributed by atoms with Crippen molar-refractivity contribution in [1.82, 2.24) is 14.9 Å². The third kappa shape index (κ3) is 4.74. The van der Waals surface area contributed by atoms with E-state index in [1.54, 1.807) is 0 Å². The van der Waals surface area contributed by atoms with Gasteiger partial charge in [0.2, 0.25) is 0 Å². The summed E-state index contributed by atoms with van der Waals surface area (Å²) in [5.41, 5.74) is 3.69. The lowest BCUT2D eigenvalue weighted by molar-refractivity contribution is 0.405. The second kappa shape index (κ2) is 9.05. The van der Waals surface area contributed by atoms with E-state index in [0.717, 1.165) is 61.9 Å². The zero-order valence-corrected chi connectivity index (χ0v) is 17.3. The molecule has 4 rings (SSSR count). The van der Waals surface area contributed by atoms with E-state index in [9.17, 15) is 0 Å². The first-order chi connectivity index (χ1) is 14.2. The molecule has 0 aliphatic carbocycles. The van der Waals surface area contributed by atoms with Crippen LogP contribution in [-0.4, -0.2) is 48.6 Å². The maximum atomic E-state index is 4.95. The summed E-state index contributed by atoms with van der Waals surface area (Å²) >= 11 is 0. The fraction of sp³-hybridized carbons (Fsp3) is 0.333. The van der Waals surface area contributed by atoms with Gasteiger partial charge >= 0.3 is 0 Å². The summed E-state index contributed by atoms with van der Waals surface area (Å²) in [6, 6.07) is 21.0. The quantitative estimate of drug-likeness (QED) is 0.601. The number of rotatable bonds is 7. The van der Waals surface area contributed by atoms with E-state index in [-0.39, 0.29) is 0 Å². The summed E-state index contributed by atoms with van der Waals surface area (Å²) in [4.78, 5) is 14.3. The largest absolute Gasteiger partial charge is 0.370 e. The van der Waals surface area contributed by atoms with E-state index < -0.39 is 0 Å². The van der Waals surface area contributed by atoms with Gasteiger partial charge in [-0.1, -0.05) is 48.5 Å². The Morgan fingerprint density at radius 1 is 1.00 bits per heavy atom. The Morgan fingerprint density at radius 2 is 1.79 bits per heavy atom. The van der Waals surface area contributed by atoms with Gasteiger partial charge in [0, 0.05) is 30.4 Å². The van der Waals surface area contributed by atoms with Crippen molar-refractivity contribution in [3.8, 4) is 11.4 Å². The third-order valence-corrected chi connectivity index (χ3v) is 5.22. The molecule has 2 heterocycles. The highest BCUT2D eigenvalue weighted by Gasteiger charge is 2.20. The number of nitrogens with one attached hydrogen (secondary N) is 1. The van der Waals surface area contributed by atoms with Crippen LogP contribution in [0.15, 0.2) is 60.7 Å². The van der Waals surface area contributed by atoms with Gasteiger partial charge in [-0.05, 0) is 51.5 Å². The normalized spacial score (nSPS) is 13.4. The molecule has 0 saturated carbocycles. The van der Waals surface area contributed by atoms with Gasteiger partial charge in [0.25, 0.3) is 0 Å². The van der Waals surface area contributed by atoms with E-state index in [1.165, 1.54) is 11.3 Å². The minimum atomic E-state index is 0.765. The summed E-state index contributed by atoms with van der Waals surface area (Å²) < 4.78 is 0. The van der Waals surface area contributed by atoms with Crippen LogP contribution in [0.3, 0.4) is 0 Å². The molecular weight excluding hydrogens is 358 g/mol. The smallest absolute Gasteiger partial charge is 0.163 e. The number of anilines is 3. The minimum Gasteiger partial charge on any atom is -0.370 e. The Bertz CT molecular complexity index is 939. The SMILES string of the molecule is CN(C)CCCNc1cc(N2CCCc3ccccc32)nc(-c2ccccc2)n1.